The smallest absolute Gasteiger partial charge is 0.193 e. The van der Waals surface area contributed by atoms with Crippen LogP contribution in [0.2, 0.25) is 5.02 Å². The number of rotatable bonds is 7. The molecule has 0 aliphatic rings. The number of halogens is 1. The normalized spacial score (nSPS) is 12.1. The molecule has 0 aliphatic heterocycles. The van der Waals surface area contributed by atoms with E-state index in [2.05, 4.69) is 10.3 Å². The zero-order valence-electron chi connectivity index (χ0n) is 15.9. The Balaban J connectivity index is 1.81. The second kappa shape index (κ2) is 9.14. The van der Waals surface area contributed by atoms with Crippen LogP contribution in [-0.2, 0) is 23.4 Å². The highest BCUT2D eigenvalue weighted by Crippen LogP contribution is 2.16. The number of aliphatic imine (C=N–C) groups is 1. The minimum Gasteiger partial charge on any atom is -0.492 e. The van der Waals surface area contributed by atoms with Gasteiger partial charge in [-0.25, -0.2) is 8.42 Å². The molecule has 0 spiro atoms. The standard InChI is InChI=1S/C18H25ClN4O3S/c1-20-18(23(3)13-15-11-14(19)12-22(15)2)21-9-10-26-16-5-7-17(8-6-16)27(4,24)25/h5-8,11-12H,9-10,13H2,1-4H3,(H,20,21). The first-order valence-electron chi connectivity index (χ1n) is 8.36. The Labute approximate surface area is 165 Å². The number of ether oxygens (including phenoxy) is 1. The van der Waals surface area contributed by atoms with E-state index in [-0.39, 0.29) is 4.90 Å². The number of aryl methyl sites for hydroxylation is 1. The number of guanidine groups is 1. The number of nitrogens with one attached hydrogen (secondary N) is 1. The van der Waals surface area contributed by atoms with Crippen LogP contribution in [-0.4, -0.2) is 57.3 Å². The summed E-state index contributed by atoms with van der Waals surface area (Å²) in [5.74, 6) is 1.36. The topological polar surface area (TPSA) is 75.9 Å². The van der Waals surface area contributed by atoms with Crippen molar-refractivity contribution >= 4 is 27.4 Å². The van der Waals surface area contributed by atoms with Crippen molar-refractivity contribution in [2.24, 2.45) is 12.0 Å². The van der Waals surface area contributed by atoms with Crippen LogP contribution in [0.5, 0.6) is 5.75 Å². The van der Waals surface area contributed by atoms with Gasteiger partial charge < -0.3 is 19.5 Å². The maximum atomic E-state index is 11.5. The van der Waals surface area contributed by atoms with E-state index < -0.39 is 9.84 Å². The maximum Gasteiger partial charge on any atom is 0.193 e. The Morgan fingerprint density at radius 2 is 2.00 bits per heavy atom. The summed E-state index contributed by atoms with van der Waals surface area (Å²) in [6.45, 7) is 1.64. The van der Waals surface area contributed by atoms with E-state index in [0.717, 1.165) is 11.7 Å². The van der Waals surface area contributed by atoms with Crippen molar-refractivity contribution in [2.75, 3.05) is 33.5 Å². The van der Waals surface area contributed by atoms with E-state index in [1.165, 1.54) is 18.4 Å². The first kappa shape index (κ1) is 21.1. The van der Waals surface area contributed by atoms with E-state index in [1.807, 2.05) is 35.8 Å². The van der Waals surface area contributed by atoms with Gasteiger partial charge in [-0.05, 0) is 30.3 Å². The lowest BCUT2D eigenvalue weighted by atomic mass is 10.3. The van der Waals surface area contributed by atoms with Crippen molar-refractivity contribution in [2.45, 2.75) is 11.4 Å². The van der Waals surface area contributed by atoms with Gasteiger partial charge >= 0.3 is 0 Å². The summed E-state index contributed by atoms with van der Waals surface area (Å²) < 4.78 is 30.5. The van der Waals surface area contributed by atoms with Gasteiger partial charge in [-0.1, -0.05) is 11.6 Å². The molecule has 0 aliphatic carbocycles. The fourth-order valence-electron chi connectivity index (χ4n) is 2.54. The van der Waals surface area contributed by atoms with E-state index in [9.17, 15) is 8.42 Å². The molecule has 1 heterocycles. The fourth-order valence-corrected chi connectivity index (χ4v) is 3.44. The minimum atomic E-state index is -3.20. The molecule has 0 bridgehead atoms. The molecule has 0 saturated carbocycles. The largest absolute Gasteiger partial charge is 0.492 e. The molecule has 0 saturated heterocycles. The first-order chi connectivity index (χ1) is 12.7. The van der Waals surface area contributed by atoms with Gasteiger partial charge in [-0.15, -0.1) is 0 Å². The Morgan fingerprint density at radius 1 is 1.33 bits per heavy atom. The molecule has 27 heavy (non-hydrogen) atoms. The number of aromatic nitrogens is 1. The third kappa shape index (κ3) is 6.18. The quantitative estimate of drug-likeness (QED) is 0.428. The summed E-state index contributed by atoms with van der Waals surface area (Å²) >= 11 is 6.02. The molecule has 0 atom stereocenters. The lowest BCUT2D eigenvalue weighted by molar-refractivity contribution is 0.318. The molecule has 7 nitrogen and oxygen atoms in total. The summed E-state index contributed by atoms with van der Waals surface area (Å²) in [5, 5.41) is 3.94. The SMILES string of the molecule is CN=C(NCCOc1ccc(S(C)(=O)=O)cc1)N(C)Cc1cc(Cl)cn1C. The number of nitrogens with zero attached hydrogens (tertiary/aromatic N) is 3. The van der Waals surface area contributed by atoms with Gasteiger partial charge in [0.25, 0.3) is 0 Å². The Bertz CT molecular complexity index is 892. The van der Waals surface area contributed by atoms with Crippen LogP contribution in [0.15, 0.2) is 46.4 Å². The molecular formula is C18H25ClN4O3S. The molecule has 0 amide bonds. The average molecular weight is 413 g/mol. The highest BCUT2D eigenvalue weighted by molar-refractivity contribution is 7.90. The fraction of sp³-hybridized carbons (Fsp3) is 0.389. The van der Waals surface area contributed by atoms with Crippen LogP contribution in [0.3, 0.4) is 0 Å². The molecule has 0 unspecified atom stereocenters. The first-order valence-corrected chi connectivity index (χ1v) is 10.6. The summed E-state index contributed by atoms with van der Waals surface area (Å²) in [6, 6.07) is 8.30. The van der Waals surface area contributed by atoms with Crippen LogP contribution in [0.25, 0.3) is 0 Å². The highest BCUT2D eigenvalue weighted by Gasteiger charge is 2.10. The summed E-state index contributed by atoms with van der Waals surface area (Å²) in [6.07, 6.45) is 3.04. The lowest BCUT2D eigenvalue weighted by Crippen LogP contribution is -2.40. The van der Waals surface area contributed by atoms with Crippen molar-refractivity contribution in [3.63, 3.8) is 0 Å². The van der Waals surface area contributed by atoms with E-state index in [1.54, 1.807) is 19.2 Å². The third-order valence-electron chi connectivity index (χ3n) is 3.95. The zero-order chi connectivity index (χ0) is 20.0. The Kier molecular flexibility index (Phi) is 7.15. The second-order valence-electron chi connectivity index (χ2n) is 6.18. The van der Waals surface area contributed by atoms with Gasteiger partial charge in [-0.3, -0.25) is 4.99 Å². The van der Waals surface area contributed by atoms with Crippen LogP contribution >= 0.6 is 11.6 Å². The summed E-state index contributed by atoms with van der Waals surface area (Å²) in [4.78, 5) is 6.54. The monoisotopic (exact) mass is 412 g/mol. The number of hydrogen-bond acceptors (Lipinski definition) is 4. The van der Waals surface area contributed by atoms with Crippen LogP contribution in [0.4, 0.5) is 0 Å². The van der Waals surface area contributed by atoms with E-state index >= 15 is 0 Å². The predicted octanol–water partition coefficient (Wildman–Crippen LogP) is 2.17. The van der Waals surface area contributed by atoms with Crippen LogP contribution in [0, 0.1) is 0 Å². The van der Waals surface area contributed by atoms with Crippen molar-refractivity contribution in [3.8, 4) is 5.75 Å². The van der Waals surface area contributed by atoms with Gasteiger partial charge in [0.1, 0.15) is 12.4 Å². The molecule has 2 rings (SSSR count). The Hall–Kier alpha value is -2.19. The average Bonchev–Trinajstić information content (AvgIpc) is 2.91. The van der Waals surface area contributed by atoms with Gasteiger partial charge in [-0.2, -0.15) is 0 Å². The van der Waals surface area contributed by atoms with Crippen molar-refractivity contribution in [1.29, 1.82) is 0 Å². The predicted molar refractivity (Wildman–Crippen MR) is 108 cm³/mol. The number of hydrogen-bond donors (Lipinski definition) is 1. The Morgan fingerprint density at radius 3 is 2.52 bits per heavy atom. The van der Waals surface area contributed by atoms with Crippen molar-refractivity contribution in [3.05, 3.63) is 47.2 Å². The highest BCUT2D eigenvalue weighted by atomic mass is 35.5. The molecule has 148 valence electrons. The maximum absolute atomic E-state index is 11.5. The molecule has 9 heteroatoms. The zero-order valence-corrected chi connectivity index (χ0v) is 17.5. The van der Waals surface area contributed by atoms with Crippen LogP contribution < -0.4 is 10.1 Å². The van der Waals surface area contributed by atoms with Crippen LogP contribution in [0.1, 0.15) is 5.69 Å². The van der Waals surface area contributed by atoms with Gasteiger partial charge in [0.15, 0.2) is 15.8 Å². The van der Waals surface area contributed by atoms with Gasteiger partial charge in [0, 0.05) is 39.3 Å². The summed E-state index contributed by atoms with van der Waals surface area (Å²) in [5.41, 5.74) is 1.08. The third-order valence-corrected chi connectivity index (χ3v) is 5.29. The molecule has 2 aromatic rings. The lowest BCUT2D eigenvalue weighted by Gasteiger charge is -2.22. The second-order valence-corrected chi connectivity index (χ2v) is 8.63. The summed E-state index contributed by atoms with van der Waals surface area (Å²) in [7, 11) is 2.43. The number of sulfone groups is 1. The minimum absolute atomic E-state index is 0.274. The molecule has 1 N–H and O–H groups in total. The van der Waals surface area contributed by atoms with E-state index in [4.69, 9.17) is 16.3 Å². The van der Waals surface area contributed by atoms with Gasteiger partial charge in [0.2, 0.25) is 0 Å². The molecule has 1 aromatic carbocycles. The molecule has 0 fully saturated rings. The number of benzene rings is 1. The molecular weight excluding hydrogens is 388 g/mol. The van der Waals surface area contributed by atoms with E-state index in [0.29, 0.717) is 30.5 Å². The van der Waals surface area contributed by atoms with Gasteiger partial charge in [0.05, 0.1) is 23.0 Å². The molecule has 1 aromatic heterocycles. The van der Waals surface area contributed by atoms with Crippen molar-refractivity contribution < 1.29 is 13.2 Å². The molecule has 0 radical (unpaired) electrons. The van der Waals surface area contributed by atoms with Crippen molar-refractivity contribution in [1.82, 2.24) is 14.8 Å².